The van der Waals surface area contributed by atoms with Crippen molar-refractivity contribution in [1.82, 2.24) is 10.6 Å². The van der Waals surface area contributed by atoms with E-state index in [-0.39, 0.29) is 19.2 Å². The molecule has 3 N–H and O–H groups in total. The number of hydrogen-bond donors (Lipinski definition) is 3. The zero-order chi connectivity index (χ0) is 23.2. The second-order valence-corrected chi connectivity index (χ2v) is 6.24. The van der Waals surface area contributed by atoms with Gasteiger partial charge in [0.05, 0.1) is 17.7 Å². The van der Waals surface area contributed by atoms with E-state index in [0.29, 0.717) is 23.3 Å². The first kappa shape index (κ1) is 24.0. The number of nitrogens with one attached hydrogen (secondary N) is 2. The number of carbonyl (C=O) groups excluding carboxylic acids is 2. The van der Waals surface area contributed by atoms with Crippen LogP contribution in [0.4, 0.5) is 31.1 Å². The first-order chi connectivity index (χ1) is 14.4. The molecule has 0 aliphatic heterocycles. The molecule has 168 valence electrons. The maximum absolute atomic E-state index is 12.8. The van der Waals surface area contributed by atoms with Gasteiger partial charge in [0.2, 0.25) is 0 Å². The Hall–Kier alpha value is -3.28. The molecule has 0 heterocycles. The first-order valence-corrected chi connectivity index (χ1v) is 8.57. The molecular formula is C19H16F6N2O4. The average molecular weight is 450 g/mol. The minimum atomic E-state index is -5.06. The van der Waals surface area contributed by atoms with Crippen LogP contribution in [-0.2, 0) is 30.3 Å². The molecule has 0 saturated carbocycles. The third kappa shape index (κ3) is 7.48. The van der Waals surface area contributed by atoms with E-state index >= 15 is 0 Å². The molecule has 0 bridgehead atoms. The highest BCUT2D eigenvalue weighted by Gasteiger charge is 2.37. The number of rotatable bonds is 6. The number of halogens is 6. The maximum atomic E-state index is 12.8. The monoisotopic (exact) mass is 450 g/mol. The van der Waals surface area contributed by atoms with Gasteiger partial charge in [0.1, 0.15) is 5.75 Å². The van der Waals surface area contributed by atoms with E-state index < -0.39 is 47.8 Å². The van der Waals surface area contributed by atoms with Crippen LogP contribution < -0.4 is 15.4 Å². The maximum Gasteiger partial charge on any atom is 0.416 e. The summed E-state index contributed by atoms with van der Waals surface area (Å²) in [6, 6.07) is 6.12. The summed E-state index contributed by atoms with van der Waals surface area (Å²) in [4.78, 5) is 23.4. The van der Waals surface area contributed by atoms with E-state index in [0.717, 1.165) is 0 Å². The Balaban J connectivity index is 1.93. The average Bonchev–Trinajstić information content (AvgIpc) is 2.69. The molecule has 2 rings (SSSR count). The number of imide groups is 1. The largest absolute Gasteiger partial charge is 0.484 e. The number of aliphatic hydroxyl groups is 1. The van der Waals surface area contributed by atoms with E-state index in [4.69, 9.17) is 9.84 Å². The van der Waals surface area contributed by atoms with Gasteiger partial charge in [-0.15, -0.1) is 0 Å². The summed E-state index contributed by atoms with van der Waals surface area (Å²) in [5.41, 5.74) is -1.88. The summed E-state index contributed by atoms with van der Waals surface area (Å²) in [5.74, 6) is -1.92. The molecule has 0 aromatic heterocycles. The van der Waals surface area contributed by atoms with Gasteiger partial charge in [-0.2, -0.15) is 26.3 Å². The standard InChI is InChI=1S/C19H16F6N2O4/c20-18(21,22)13-5-14(19(23,24)25)7-15(6-13)31-10-16(29)27-17(30)26-8-11-1-3-12(9-28)4-2-11/h1-7,28H,8-10H2,(H2,26,27,29,30). The third-order valence-electron chi connectivity index (χ3n) is 3.84. The van der Waals surface area contributed by atoms with Crippen LogP contribution in [0.15, 0.2) is 42.5 Å². The van der Waals surface area contributed by atoms with E-state index in [1.165, 1.54) is 0 Å². The molecule has 31 heavy (non-hydrogen) atoms. The van der Waals surface area contributed by atoms with Gasteiger partial charge in [0.25, 0.3) is 5.91 Å². The van der Waals surface area contributed by atoms with Crippen molar-refractivity contribution in [1.29, 1.82) is 0 Å². The second-order valence-electron chi connectivity index (χ2n) is 6.24. The molecule has 0 radical (unpaired) electrons. The molecule has 0 saturated heterocycles. The van der Waals surface area contributed by atoms with Crippen molar-refractivity contribution in [2.75, 3.05) is 6.61 Å². The van der Waals surface area contributed by atoms with Gasteiger partial charge in [-0.1, -0.05) is 24.3 Å². The minimum Gasteiger partial charge on any atom is -0.484 e. The Bertz CT molecular complexity index is 894. The normalized spacial score (nSPS) is 11.7. The van der Waals surface area contributed by atoms with Crippen molar-refractivity contribution >= 4 is 11.9 Å². The lowest BCUT2D eigenvalue weighted by molar-refractivity contribution is -0.143. The van der Waals surface area contributed by atoms with Crippen LogP contribution in [-0.4, -0.2) is 23.7 Å². The molecule has 0 unspecified atom stereocenters. The quantitative estimate of drug-likeness (QED) is 0.587. The van der Waals surface area contributed by atoms with Gasteiger partial charge in [-0.25, -0.2) is 4.79 Å². The zero-order valence-corrected chi connectivity index (χ0v) is 15.6. The van der Waals surface area contributed by atoms with Crippen LogP contribution in [0.3, 0.4) is 0 Å². The number of aliphatic hydroxyl groups excluding tert-OH is 1. The molecule has 0 fully saturated rings. The van der Waals surface area contributed by atoms with E-state index in [1.54, 1.807) is 24.3 Å². The lowest BCUT2D eigenvalue weighted by atomic mass is 10.1. The summed E-state index contributed by atoms with van der Waals surface area (Å²) >= 11 is 0. The van der Waals surface area contributed by atoms with Crippen LogP contribution >= 0.6 is 0 Å². The Morgan fingerprint density at radius 3 is 1.87 bits per heavy atom. The Kier molecular flexibility index (Phi) is 7.50. The minimum absolute atomic E-state index is 0.0221. The van der Waals surface area contributed by atoms with Crippen LogP contribution in [0, 0.1) is 0 Å². The number of alkyl halides is 6. The summed E-state index contributed by atoms with van der Waals surface area (Å²) in [6.45, 7) is -1.12. The number of benzene rings is 2. The molecule has 2 aromatic carbocycles. The number of ether oxygens (including phenoxy) is 1. The highest BCUT2D eigenvalue weighted by molar-refractivity contribution is 5.94. The highest BCUT2D eigenvalue weighted by Crippen LogP contribution is 2.38. The fourth-order valence-electron chi connectivity index (χ4n) is 2.31. The van der Waals surface area contributed by atoms with Gasteiger partial charge in [-0.3, -0.25) is 10.1 Å². The van der Waals surface area contributed by atoms with Crippen molar-refractivity contribution in [3.8, 4) is 5.75 Å². The van der Waals surface area contributed by atoms with Crippen LogP contribution in [0.25, 0.3) is 0 Å². The van der Waals surface area contributed by atoms with E-state index in [2.05, 4.69) is 5.32 Å². The molecule has 3 amide bonds. The van der Waals surface area contributed by atoms with Crippen LogP contribution in [0.2, 0.25) is 0 Å². The molecular weight excluding hydrogens is 434 g/mol. The Morgan fingerprint density at radius 2 is 1.39 bits per heavy atom. The van der Waals surface area contributed by atoms with Crippen molar-refractivity contribution in [2.24, 2.45) is 0 Å². The highest BCUT2D eigenvalue weighted by atomic mass is 19.4. The number of carbonyl (C=O) groups is 2. The van der Waals surface area contributed by atoms with E-state index in [1.807, 2.05) is 5.32 Å². The van der Waals surface area contributed by atoms with Crippen LogP contribution in [0.5, 0.6) is 5.75 Å². The topological polar surface area (TPSA) is 87.7 Å². The van der Waals surface area contributed by atoms with Gasteiger partial charge >= 0.3 is 18.4 Å². The Morgan fingerprint density at radius 1 is 0.871 bits per heavy atom. The molecule has 2 aromatic rings. The summed E-state index contributed by atoms with van der Waals surface area (Å²) < 4.78 is 81.6. The first-order valence-electron chi connectivity index (χ1n) is 8.57. The lowest BCUT2D eigenvalue weighted by Crippen LogP contribution is -2.41. The van der Waals surface area contributed by atoms with Crippen molar-refractivity contribution in [3.05, 3.63) is 64.7 Å². The number of hydrogen-bond acceptors (Lipinski definition) is 4. The molecule has 0 aliphatic rings. The van der Waals surface area contributed by atoms with Crippen molar-refractivity contribution in [3.63, 3.8) is 0 Å². The third-order valence-corrected chi connectivity index (χ3v) is 3.84. The summed E-state index contributed by atoms with van der Waals surface area (Å²) in [6.07, 6.45) is -10.1. The van der Waals surface area contributed by atoms with Gasteiger partial charge < -0.3 is 15.2 Å². The van der Waals surface area contributed by atoms with Crippen LogP contribution in [0.1, 0.15) is 22.3 Å². The van der Waals surface area contributed by atoms with Gasteiger partial charge in [0, 0.05) is 6.54 Å². The molecule has 6 nitrogen and oxygen atoms in total. The summed E-state index contributed by atoms with van der Waals surface area (Å²) in [7, 11) is 0. The van der Waals surface area contributed by atoms with Gasteiger partial charge in [-0.05, 0) is 29.3 Å². The molecule has 0 aliphatic carbocycles. The SMILES string of the molecule is O=C(COc1cc(C(F)(F)F)cc(C(F)(F)F)c1)NC(=O)NCc1ccc(CO)cc1. The second kappa shape index (κ2) is 9.69. The lowest BCUT2D eigenvalue weighted by Gasteiger charge is -2.14. The van der Waals surface area contributed by atoms with Crippen molar-refractivity contribution < 1.29 is 45.8 Å². The fraction of sp³-hybridized carbons (Fsp3) is 0.263. The predicted octanol–water partition coefficient (Wildman–Crippen LogP) is 3.62. The summed E-state index contributed by atoms with van der Waals surface area (Å²) in [5, 5.41) is 13.1. The zero-order valence-electron chi connectivity index (χ0n) is 15.6. The number of amides is 3. The molecule has 0 spiro atoms. The van der Waals surface area contributed by atoms with Crippen molar-refractivity contribution in [2.45, 2.75) is 25.5 Å². The number of urea groups is 1. The van der Waals surface area contributed by atoms with Gasteiger partial charge in [0.15, 0.2) is 6.61 Å². The predicted molar refractivity (Wildman–Crippen MR) is 94.7 cm³/mol. The Labute approximate surface area is 171 Å². The molecule has 12 heteroatoms. The fourth-order valence-corrected chi connectivity index (χ4v) is 2.31. The van der Waals surface area contributed by atoms with E-state index in [9.17, 15) is 35.9 Å². The molecule has 0 atom stereocenters. The smallest absolute Gasteiger partial charge is 0.416 e.